The Morgan fingerprint density at radius 2 is 1.64 bits per heavy atom. The van der Waals surface area contributed by atoms with Gasteiger partial charge in [0.15, 0.2) is 0 Å². The molecule has 2 N–H and O–H groups in total. The molecule has 5 heteroatoms. The maximum Gasteiger partial charge on any atom is 0.319 e. The van der Waals surface area contributed by atoms with Crippen LogP contribution >= 0.6 is 0 Å². The second kappa shape index (κ2) is 10.7. The zero-order valence-corrected chi connectivity index (χ0v) is 17.5. The highest BCUT2D eigenvalue weighted by molar-refractivity contribution is 5.90. The van der Waals surface area contributed by atoms with E-state index in [2.05, 4.69) is 32.6 Å². The van der Waals surface area contributed by atoms with Crippen molar-refractivity contribution >= 4 is 11.7 Å². The average Bonchev–Trinajstić information content (AvgIpc) is 2.70. The van der Waals surface area contributed by atoms with Crippen LogP contribution in [-0.4, -0.2) is 36.1 Å². The fourth-order valence-corrected chi connectivity index (χ4v) is 3.27. The second-order valence-corrected chi connectivity index (χ2v) is 7.35. The van der Waals surface area contributed by atoms with Crippen molar-refractivity contribution in [3.63, 3.8) is 0 Å². The summed E-state index contributed by atoms with van der Waals surface area (Å²) in [7, 11) is 0. The summed E-state index contributed by atoms with van der Waals surface area (Å²) in [4.78, 5) is 16.0. The molecule has 0 saturated carbocycles. The van der Waals surface area contributed by atoms with Gasteiger partial charge in [-0.3, -0.25) is 9.80 Å². The van der Waals surface area contributed by atoms with Crippen LogP contribution in [0.15, 0.2) is 54.6 Å². The summed E-state index contributed by atoms with van der Waals surface area (Å²) in [6.45, 7) is 10.6. The van der Waals surface area contributed by atoms with Gasteiger partial charge < -0.3 is 10.5 Å². The van der Waals surface area contributed by atoms with E-state index in [0.717, 1.165) is 30.0 Å². The summed E-state index contributed by atoms with van der Waals surface area (Å²) in [6, 6.07) is 18.0. The first kappa shape index (κ1) is 21.8. The standard InChI is InChI=1S/C23H33N3O2/c1-5-19(4)25(18(2)3)15-16-26(23(24)27)21-11-13-22(14-12-21)28-17-20-9-7-6-8-10-20/h6-14,18-19H,5,15-17H2,1-4H3,(H2,24,27). The lowest BCUT2D eigenvalue weighted by Crippen LogP contribution is -2.46. The van der Waals surface area contributed by atoms with Crippen molar-refractivity contribution in [2.24, 2.45) is 5.73 Å². The van der Waals surface area contributed by atoms with Crippen molar-refractivity contribution in [2.75, 3.05) is 18.0 Å². The average molecular weight is 384 g/mol. The quantitative estimate of drug-likeness (QED) is 0.649. The summed E-state index contributed by atoms with van der Waals surface area (Å²) >= 11 is 0. The fourth-order valence-electron chi connectivity index (χ4n) is 3.27. The molecule has 1 unspecified atom stereocenters. The zero-order chi connectivity index (χ0) is 20.5. The summed E-state index contributed by atoms with van der Waals surface area (Å²) in [5.41, 5.74) is 7.55. The number of ether oxygens (including phenoxy) is 1. The first-order valence-electron chi connectivity index (χ1n) is 10.0. The van der Waals surface area contributed by atoms with E-state index >= 15 is 0 Å². The molecule has 0 fully saturated rings. The maximum atomic E-state index is 12.0. The van der Waals surface area contributed by atoms with Crippen LogP contribution in [0.1, 0.15) is 39.7 Å². The molecule has 2 rings (SSSR count). The van der Waals surface area contributed by atoms with Gasteiger partial charge in [-0.25, -0.2) is 4.79 Å². The molecular weight excluding hydrogens is 350 g/mol. The van der Waals surface area contributed by atoms with E-state index in [0.29, 0.717) is 25.2 Å². The van der Waals surface area contributed by atoms with E-state index in [-0.39, 0.29) is 0 Å². The van der Waals surface area contributed by atoms with Gasteiger partial charge in [0.05, 0.1) is 0 Å². The van der Waals surface area contributed by atoms with Gasteiger partial charge in [-0.2, -0.15) is 0 Å². The van der Waals surface area contributed by atoms with Gasteiger partial charge in [-0.1, -0.05) is 37.3 Å². The highest BCUT2D eigenvalue weighted by atomic mass is 16.5. The van der Waals surface area contributed by atoms with Gasteiger partial charge >= 0.3 is 6.03 Å². The summed E-state index contributed by atoms with van der Waals surface area (Å²) in [5.74, 6) is 0.764. The number of nitrogens with two attached hydrogens (primary N) is 1. The molecule has 2 amide bonds. The first-order valence-corrected chi connectivity index (χ1v) is 10.0. The molecule has 0 saturated heterocycles. The van der Waals surface area contributed by atoms with Crippen LogP contribution < -0.4 is 15.4 Å². The van der Waals surface area contributed by atoms with Crippen LogP contribution in [0.4, 0.5) is 10.5 Å². The summed E-state index contributed by atoms with van der Waals surface area (Å²) in [5, 5.41) is 0. The summed E-state index contributed by atoms with van der Waals surface area (Å²) in [6.07, 6.45) is 1.07. The van der Waals surface area contributed by atoms with Crippen LogP contribution in [0, 0.1) is 0 Å². The molecule has 2 aromatic rings. The highest BCUT2D eigenvalue weighted by Gasteiger charge is 2.19. The number of hydrogen-bond acceptors (Lipinski definition) is 3. The minimum absolute atomic E-state index is 0.415. The Labute approximate surface area is 169 Å². The van der Waals surface area contributed by atoms with Crippen LogP contribution in [0.25, 0.3) is 0 Å². The molecule has 2 aromatic carbocycles. The molecule has 0 radical (unpaired) electrons. The smallest absolute Gasteiger partial charge is 0.319 e. The number of rotatable bonds is 10. The molecule has 0 aliphatic carbocycles. The fraction of sp³-hybridized carbons (Fsp3) is 0.435. The predicted octanol–water partition coefficient (Wildman–Crippen LogP) is 4.66. The molecule has 28 heavy (non-hydrogen) atoms. The molecule has 0 heterocycles. The van der Waals surface area contributed by atoms with Crippen LogP contribution in [0.2, 0.25) is 0 Å². The Balaban J connectivity index is 2.00. The van der Waals surface area contributed by atoms with Crippen LogP contribution in [0.5, 0.6) is 5.75 Å². The number of nitrogens with zero attached hydrogens (tertiary/aromatic N) is 2. The third kappa shape index (κ3) is 6.27. The molecule has 0 aliphatic rings. The van der Waals surface area contributed by atoms with Gasteiger partial charge in [0.1, 0.15) is 12.4 Å². The Morgan fingerprint density at radius 3 is 2.18 bits per heavy atom. The molecule has 0 spiro atoms. The molecular formula is C23H33N3O2. The Morgan fingerprint density at radius 1 is 1.00 bits per heavy atom. The number of primary amides is 1. The Kier molecular flexibility index (Phi) is 8.33. The number of hydrogen-bond donors (Lipinski definition) is 1. The maximum absolute atomic E-state index is 12.0. The van der Waals surface area contributed by atoms with Gasteiger partial charge in [-0.05, 0) is 57.0 Å². The van der Waals surface area contributed by atoms with Gasteiger partial charge in [0, 0.05) is 30.9 Å². The predicted molar refractivity (Wildman–Crippen MR) is 116 cm³/mol. The number of carbonyl (C=O) groups is 1. The van der Waals surface area contributed by atoms with E-state index in [1.807, 2.05) is 54.6 Å². The van der Waals surface area contributed by atoms with Gasteiger partial charge in [-0.15, -0.1) is 0 Å². The van der Waals surface area contributed by atoms with E-state index in [1.165, 1.54) is 0 Å². The third-order valence-corrected chi connectivity index (χ3v) is 5.06. The Bertz CT molecular complexity index is 716. The van der Waals surface area contributed by atoms with Crippen LogP contribution in [-0.2, 0) is 6.61 Å². The highest BCUT2D eigenvalue weighted by Crippen LogP contribution is 2.21. The number of urea groups is 1. The molecule has 0 aromatic heterocycles. The number of anilines is 1. The monoisotopic (exact) mass is 383 g/mol. The second-order valence-electron chi connectivity index (χ2n) is 7.35. The van der Waals surface area contributed by atoms with Gasteiger partial charge in [0.2, 0.25) is 0 Å². The molecule has 1 atom stereocenters. The molecule has 5 nitrogen and oxygen atoms in total. The number of amides is 2. The minimum Gasteiger partial charge on any atom is -0.489 e. The van der Waals surface area contributed by atoms with Gasteiger partial charge in [0.25, 0.3) is 0 Å². The van der Waals surface area contributed by atoms with E-state index in [4.69, 9.17) is 10.5 Å². The van der Waals surface area contributed by atoms with Crippen molar-refractivity contribution in [3.05, 3.63) is 60.2 Å². The van der Waals surface area contributed by atoms with Crippen molar-refractivity contribution in [2.45, 2.75) is 52.8 Å². The van der Waals surface area contributed by atoms with Crippen molar-refractivity contribution in [3.8, 4) is 5.75 Å². The Hall–Kier alpha value is -2.53. The lowest BCUT2D eigenvalue weighted by molar-refractivity contribution is 0.164. The largest absolute Gasteiger partial charge is 0.489 e. The first-order chi connectivity index (χ1) is 13.4. The lowest BCUT2D eigenvalue weighted by atomic mass is 10.1. The molecule has 0 bridgehead atoms. The number of benzene rings is 2. The topological polar surface area (TPSA) is 58.8 Å². The van der Waals surface area contributed by atoms with Crippen molar-refractivity contribution in [1.29, 1.82) is 0 Å². The van der Waals surface area contributed by atoms with E-state index < -0.39 is 6.03 Å². The number of carbonyl (C=O) groups excluding carboxylic acids is 1. The molecule has 152 valence electrons. The van der Waals surface area contributed by atoms with E-state index in [9.17, 15) is 4.79 Å². The van der Waals surface area contributed by atoms with E-state index in [1.54, 1.807) is 4.90 Å². The SMILES string of the molecule is CCC(C)N(CCN(C(N)=O)c1ccc(OCc2ccccc2)cc1)C(C)C. The normalized spacial score (nSPS) is 12.2. The van der Waals surface area contributed by atoms with Crippen LogP contribution in [0.3, 0.4) is 0 Å². The minimum atomic E-state index is -0.439. The zero-order valence-electron chi connectivity index (χ0n) is 17.5. The molecule has 0 aliphatic heterocycles. The van der Waals surface area contributed by atoms with Crippen molar-refractivity contribution in [1.82, 2.24) is 4.90 Å². The lowest BCUT2D eigenvalue weighted by Gasteiger charge is -2.34. The summed E-state index contributed by atoms with van der Waals surface area (Å²) < 4.78 is 5.82. The third-order valence-electron chi connectivity index (χ3n) is 5.06. The van der Waals surface area contributed by atoms with Crippen molar-refractivity contribution < 1.29 is 9.53 Å².